The van der Waals surface area contributed by atoms with Crippen LogP contribution in [0.5, 0.6) is 11.6 Å². The third kappa shape index (κ3) is 5.19. The van der Waals surface area contributed by atoms with Gasteiger partial charge in [0.15, 0.2) is 6.10 Å². The van der Waals surface area contributed by atoms with E-state index in [-0.39, 0.29) is 16.9 Å². The highest BCUT2D eigenvalue weighted by Crippen LogP contribution is 2.43. The van der Waals surface area contributed by atoms with E-state index in [0.29, 0.717) is 17.0 Å². The Labute approximate surface area is 264 Å². The molecule has 4 aromatic carbocycles. The lowest BCUT2D eigenvalue weighted by Crippen LogP contribution is -2.42. The molecule has 1 atom stereocenters. The van der Waals surface area contributed by atoms with Crippen molar-refractivity contribution in [1.29, 1.82) is 0 Å². The monoisotopic (exact) mass is 610 g/mol. The second-order valence-corrected chi connectivity index (χ2v) is 11.9. The third-order valence-corrected chi connectivity index (χ3v) is 8.98. The molecule has 0 amide bonds. The summed E-state index contributed by atoms with van der Waals surface area (Å²) < 4.78 is 7.71. The number of aromatic amines is 1. The SMILES string of the molecule is CC(Oc1ccc(Cc2sc(=O)n(C(c3ccccc3)(c3ccccc3)c3ccccc3)c2O)cc1)c1nc2ccncc2[nH]1. The van der Waals surface area contributed by atoms with Crippen LogP contribution < -0.4 is 9.61 Å². The number of pyridine rings is 1. The molecule has 0 saturated carbocycles. The highest BCUT2D eigenvalue weighted by atomic mass is 32.1. The molecule has 3 aromatic heterocycles. The molecule has 7 nitrogen and oxygen atoms in total. The smallest absolute Gasteiger partial charge is 0.311 e. The molecule has 1 unspecified atom stereocenters. The minimum Gasteiger partial charge on any atom is -0.494 e. The fourth-order valence-corrected chi connectivity index (χ4v) is 6.89. The van der Waals surface area contributed by atoms with E-state index in [1.54, 1.807) is 17.0 Å². The molecular formula is C37H30N4O3S. The number of thiazole rings is 1. The number of ether oxygens (including phenoxy) is 1. The molecule has 0 saturated heterocycles. The van der Waals surface area contributed by atoms with Gasteiger partial charge in [-0.2, -0.15) is 0 Å². The largest absolute Gasteiger partial charge is 0.494 e. The van der Waals surface area contributed by atoms with E-state index in [1.165, 1.54) is 0 Å². The van der Waals surface area contributed by atoms with Crippen LogP contribution in [-0.4, -0.2) is 24.6 Å². The van der Waals surface area contributed by atoms with Gasteiger partial charge in [0, 0.05) is 12.6 Å². The van der Waals surface area contributed by atoms with Crippen LogP contribution in [0.1, 0.15) is 46.0 Å². The summed E-state index contributed by atoms with van der Waals surface area (Å²) in [6.07, 6.45) is 3.55. The number of nitrogens with zero attached hydrogens (tertiary/aromatic N) is 3. The van der Waals surface area contributed by atoms with Gasteiger partial charge in [0.2, 0.25) is 5.88 Å². The van der Waals surface area contributed by atoms with Crippen molar-refractivity contribution in [2.75, 3.05) is 0 Å². The number of aromatic hydroxyl groups is 1. The van der Waals surface area contributed by atoms with Crippen LogP contribution >= 0.6 is 11.3 Å². The number of hydrogen-bond donors (Lipinski definition) is 2. The Balaban J connectivity index is 1.23. The van der Waals surface area contributed by atoms with E-state index in [4.69, 9.17) is 4.74 Å². The maximum Gasteiger partial charge on any atom is 0.311 e. The second-order valence-electron chi connectivity index (χ2n) is 10.9. The summed E-state index contributed by atoms with van der Waals surface area (Å²) in [5.74, 6) is 1.36. The number of rotatable bonds is 9. The Morgan fingerprint density at radius 2 is 1.42 bits per heavy atom. The van der Waals surface area contributed by atoms with E-state index in [0.717, 1.165) is 50.4 Å². The summed E-state index contributed by atoms with van der Waals surface area (Å²) in [5.41, 5.74) is 4.19. The Morgan fingerprint density at radius 3 is 1.98 bits per heavy atom. The summed E-state index contributed by atoms with van der Waals surface area (Å²) in [6.45, 7) is 1.94. The first-order valence-electron chi connectivity index (χ1n) is 14.7. The lowest BCUT2D eigenvalue weighted by atomic mass is 9.76. The van der Waals surface area contributed by atoms with E-state index in [9.17, 15) is 9.90 Å². The zero-order valence-corrected chi connectivity index (χ0v) is 25.3. The predicted molar refractivity (Wildman–Crippen MR) is 177 cm³/mol. The molecule has 0 radical (unpaired) electrons. The first-order chi connectivity index (χ1) is 22.0. The number of H-pyrrole nitrogens is 1. The zero-order chi connectivity index (χ0) is 30.8. The van der Waals surface area contributed by atoms with Gasteiger partial charge < -0.3 is 14.8 Å². The van der Waals surface area contributed by atoms with Gasteiger partial charge >= 0.3 is 4.87 Å². The molecular weight excluding hydrogens is 580 g/mol. The third-order valence-electron chi connectivity index (χ3n) is 8.05. The van der Waals surface area contributed by atoms with E-state index >= 15 is 0 Å². The van der Waals surface area contributed by atoms with Gasteiger partial charge in [-0.15, -0.1) is 0 Å². The summed E-state index contributed by atoms with van der Waals surface area (Å²) >= 11 is 1.07. The summed E-state index contributed by atoms with van der Waals surface area (Å²) in [7, 11) is 0. The summed E-state index contributed by atoms with van der Waals surface area (Å²) in [4.78, 5) is 26.3. The standard InChI is InChI=1S/C37H30N4O3S/c1-25(34-39-31-21-22-38-24-32(31)40-34)44-30-19-17-26(18-20-30)23-33-35(42)41(36(43)45-33)37(27-11-5-2-6-12-27,28-13-7-3-8-14-28)29-15-9-4-10-16-29/h2-22,24-25,42H,23H2,1H3,(H,39,40). The molecule has 8 heteroatoms. The first-order valence-corrected chi connectivity index (χ1v) is 15.5. The molecule has 0 fully saturated rings. The highest BCUT2D eigenvalue weighted by molar-refractivity contribution is 7.09. The minimum atomic E-state index is -1.08. The predicted octanol–water partition coefficient (Wildman–Crippen LogP) is 7.46. The van der Waals surface area contributed by atoms with Crippen molar-refractivity contribution in [1.82, 2.24) is 19.5 Å². The maximum absolute atomic E-state index is 14.0. The molecule has 0 bridgehead atoms. The van der Waals surface area contributed by atoms with Gasteiger partial charge in [0.05, 0.1) is 22.1 Å². The zero-order valence-electron chi connectivity index (χ0n) is 24.5. The van der Waals surface area contributed by atoms with E-state index < -0.39 is 5.54 Å². The Bertz CT molecular complexity index is 1980. The number of hydrogen-bond acceptors (Lipinski definition) is 6. The molecule has 3 heterocycles. The molecule has 0 aliphatic carbocycles. The number of nitrogens with one attached hydrogen (secondary N) is 1. The number of imidazole rings is 1. The van der Waals surface area contributed by atoms with Crippen LogP contribution in [0.15, 0.2) is 139 Å². The maximum atomic E-state index is 14.0. The second kappa shape index (κ2) is 11.9. The van der Waals surface area contributed by atoms with Crippen molar-refractivity contribution in [2.24, 2.45) is 0 Å². The fourth-order valence-electron chi connectivity index (χ4n) is 5.94. The molecule has 7 aromatic rings. The van der Waals surface area contributed by atoms with Gasteiger partial charge in [-0.25, -0.2) is 4.98 Å². The number of fused-ring (bicyclic) bond motifs is 1. The van der Waals surface area contributed by atoms with Gasteiger partial charge in [-0.05, 0) is 47.4 Å². The van der Waals surface area contributed by atoms with Crippen LogP contribution in [0.2, 0.25) is 0 Å². The van der Waals surface area contributed by atoms with E-state index in [2.05, 4.69) is 15.0 Å². The van der Waals surface area contributed by atoms with Crippen LogP contribution in [0.25, 0.3) is 11.0 Å². The lowest BCUT2D eigenvalue weighted by molar-refractivity contribution is 0.218. The number of aromatic nitrogens is 4. The van der Waals surface area contributed by atoms with Gasteiger partial charge in [-0.1, -0.05) is 114 Å². The molecule has 45 heavy (non-hydrogen) atoms. The highest BCUT2D eigenvalue weighted by Gasteiger charge is 2.42. The average Bonchev–Trinajstić information content (AvgIpc) is 3.65. The molecule has 0 spiro atoms. The van der Waals surface area contributed by atoms with Crippen LogP contribution in [0, 0.1) is 0 Å². The van der Waals surface area contributed by atoms with Crippen molar-refractivity contribution in [2.45, 2.75) is 25.0 Å². The fraction of sp³-hybridized carbons (Fsp3) is 0.108. The average molecular weight is 611 g/mol. The quantitative estimate of drug-likeness (QED) is 0.166. The van der Waals surface area contributed by atoms with E-state index in [1.807, 2.05) is 128 Å². The van der Waals surface area contributed by atoms with Crippen LogP contribution in [0.4, 0.5) is 0 Å². The van der Waals surface area contributed by atoms with Crippen LogP contribution in [0.3, 0.4) is 0 Å². The van der Waals surface area contributed by atoms with Crippen molar-refractivity contribution >= 4 is 22.4 Å². The van der Waals surface area contributed by atoms with Gasteiger partial charge in [-0.3, -0.25) is 14.3 Å². The lowest BCUT2D eigenvalue weighted by Gasteiger charge is -2.37. The van der Waals surface area contributed by atoms with Gasteiger partial charge in [0.1, 0.15) is 17.1 Å². The Morgan fingerprint density at radius 1 is 0.844 bits per heavy atom. The molecule has 0 aliphatic heterocycles. The summed E-state index contributed by atoms with van der Waals surface area (Å²) in [6, 6.07) is 39.2. The normalized spacial score (nSPS) is 12.3. The Hall–Kier alpha value is -5.47. The number of benzene rings is 4. The van der Waals surface area contributed by atoms with Crippen molar-refractivity contribution < 1.29 is 9.84 Å². The first kappa shape index (κ1) is 28.3. The van der Waals surface area contributed by atoms with Crippen molar-refractivity contribution in [3.05, 3.63) is 176 Å². The minimum absolute atomic E-state index is 0.0464. The van der Waals surface area contributed by atoms with Gasteiger partial charge in [0.25, 0.3) is 0 Å². The van der Waals surface area contributed by atoms with Crippen molar-refractivity contribution in [3.8, 4) is 11.6 Å². The molecule has 0 aliphatic rings. The molecule has 2 N–H and O–H groups in total. The van der Waals surface area contributed by atoms with Crippen LogP contribution in [-0.2, 0) is 12.0 Å². The topological polar surface area (TPSA) is 93.0 Å². The molecule has 7 rings (SSSR count). The Kier molecular flexibility index (Phi) is 7.49. The van der Waals surface area contributed by atoms with Crippen molar-refractivity contribution in [3.63, 3.8) is 0 Å². The molecule has 222 valence electrons. The summed E-state index contributed by atoms with van der Waals surface area (Å²) in [5, 5.41) is 11.9.